The molecule has 8 nitrogen and oxygen atoms in total. The number of hydrogen-bond donors (Lipinski definition) is 0. The lowest BCUT2D eigenvalue weighted by Crippen LogP contribution is -2.47. The second kappa shape index (κ2) is 8.13. The predicted octanol–water partition coefficient (Wildman–Crippen LogP) is 3.54. The summed E-state index contributed by atoms with van der Waals surface area (Å²) in [6.45, 7) is 3.03. The van der Waals surface area contributed by atoms with Crippen molar-refractivity contribution in [3.8, 4) is 0 Å². The summed E-state index contributed by atoms with van der Waals surface area (Å²) in [6.07, 6.45) is 6.24. The van der Waals surface area contributed by atoms with Crippen molar-refractivity contribution in [2.45, 2.75) is 0 Å². The smallest absolute Gasteiger partial charge is 0.301 e. The van der Waals surface area contributed by atoms with E-state index in [0.29, 0.717) is 15.7 Å². The Morgan fingerprint density at radius 1 is 0.871 bits per heavy atom. The van der Waals surface area contributed by atoms with E-state index in [1.165, 1.54) is 23.3 Å². The minimum Gasteiger partial charge on any atom is -0.367 e. The molecule has 0 N–H and O–H groups in total. The Bertz CT molecular complexity index is 1250. The van der Waals surface area contributed by atoms with E-state index >= 15 is 0 Å². The van der Waals surface area contributed by atoms with E-state index in [-0.39, 0.29) is 11.7 Å². The van der Waals surface area contributed by atoms with Crippen LogP contribution in [0.5, 0.6) is 0 Å². The number of carbonyl (C=O) groups excluding carboxylic acids is 1. The first-order chi connectivity index (χ1) is 15.1. The van der Waals surface area contributed by atoms with Crippen LogP contribution in [0.25, 0.3) is 11.0 Å². The highest BCUT2D eigenvalue weighted by atomic mass is 35.5. The highest BCUT2D eigenvalue weighted by Gasteiger charge is 2.24. The van der Waals surface area contributed by atoms with Crippen LogP contribution in [-0.2, 0) is 0 Å². The molecule has 1 aliphatic rings. The molecule has 10 heteroatoms. The van der Waals surface area contributed by atoms with Crippen LogP contribution >= 0.6 is 23.2 Å². The molecule has 4 aromatic rings. The van der Waals surface area contributed by atoms with Gasteiger partial charge in [-0.05, 0) is 24.3 Å². The van der Waals surface area contributed by atoms with E-state index in [9.17, 15) is 4.79 Å². The van der Waals surface area contributed by atoms with Gasteiger partial charge in [-0.15, -0.1) is 0 Å². The Kier molecular flexibility index (Phi) is 5.17. The molecule has 156 valence electrons. The summed E-state index contributed by atoms with van der Waals surface area (Å²) < 4.78 is 1.46. The number of rotatable bonds is 3. The van der Waals surface area contributed by atoms with E-state index in [1.54, 1.807) is 18.3 Å². The van der Waals surface area contributed by atoms with E-state index in [1.807, 2.05) is 18.2 Å². The Labute approximate surface area is 188 Å². The number of fused-ring (bicyclic) bond motifs is 1. The van der Waals surface area contributed by atoms with Crippen LogP contribution in [0.15, 0.2) is 55.2 Å². The maximum absolute atomic E-state index is 12.8. The van der Waals surface area contributed by atoms with Crippen molar-refractivity contribution in [2.75, 3.05) is 36.0 Å². The SMILES string of the molecule is O=C(c1ncccn1)n1ccc2c(N3CCN(c4cccc(Cl)c4Cl)CC3)ncnc21. The van der Waals surface area contributed by atoms with Crippen LogP contribution in [0.1, 0.15) is 10.6 Å². The average Bonchev–Trinajstić information content (AvgIpc) is 3.25. The molecule has 0 amide bonds. The Morgan fingerprint density at radius 2 is 1.61 bits per heavy atom. The van der Waals surface area contributed by atoms with Gasteiger partial charge in [-0.1, -0.05) is 29.3 Å². The van der Waals surface area contributed by atoms with E-state index in [2.05, 4.69) is 29.7 Å². The monoisotopic (exact) mass is 453 g/mol. The molecule has 31 heavy (non-hydrogen) atoms. The zero-order chi connectivity index (χ0) is 21.4. The number of anilines is 2. The zero-order valence-corrected chi connectivity index (χ0v) is 17.8. The fraction of sp³-hybridized carbons (Fsp3) is 0.190. The van der Waals surface area contributed by atoms with Crippen molar-refractivity contribution in [3.63, 3.8) is 0 Å². The number of halogens is 2. The van der Waals surface area contributed by atoms with Crippen LogP contribution in [0.4, 0.5) is 11.5 Å². The average molecular weight is 454 g/mol. The molecule has 5 rings (SSSR count). The third-order valence-corrected chi connectivity index (χ3v) is 6.10. The summed E-state index contributed by atoms with van der Waals surface area (Å²) in [5, 5.41) is 1.93. The molecule has 4 heterocycles. The van der Waals surface area contributed by atoms with Crippen LogP contribution in [0.2, 0.25) is 10.0 Å². The zero-order valence-electron chi connectivity index (χ0n) is 16.3. The number of hydrogen-bond acceptors (Lipinski definition) is 7. The molecule has 1 saturated heterocycles. The summed E-state index contributed by atoms with van der Waals surface area (Å²) in [5.41, 5.74) is 1.46. The van der Waals surface area contributed by atoms with Gasteiger partial charge in [0.15, 0.2) is 5.65 Å². The largest absolute Gasteiger partial charge is 0.367 e. The van der Waals surface area contributed by atoms with E-state index in [4.69, 9.17) is 23.2 Å². The molecule has 0 radical (unpaired) electrons. The number of benzene rings is 1. The minimum atomic E-state index is -0.333. The van der Waals surface area contributed by atoms with Crippen LogP contribution in [0.3, 0.4) is 0 Å². The molecule has 3 aromatic heterocycles. The fourth-order valence-electron chi connectivity index (χ4n) is 3.77. The van der Waals surface area contributed by atoms with E-state index < -0.39 is 0 Å². The second-order valence-electron chi connectivity index (χ2n) is 7.04. The second-order valence-corrected chi connectivity index (χ2v) is 7.83. The van der Waals surface area contributed by atoms with Gasteiger partial charge < -0.3 is 9.80 Å². The lowest BCUT2D eigenvalue weighted by atomic mass is 10.2. The van der Waals surface area contributed by atoms with Crippen molar-refractivity contribution < 1.29 is 4.79 Å². The summed E-state index contributed by atoms with van der Waals surface area (Å²) in [6, 6.07) is 9.19. The normalized spacial score (nSPS) is 14.3. The summed E-state index contributed by atoms with van der Waals surface area (Å²) in [5.74, 6) is 0.579. The summed E-state index contributed by atoms with van der Waals surface area (Å²) in [4.78, 5) is 34.1. The molecule has 1 aliphatic heterocycles. The number of aromatic nitrogens is 5. The first kappa shape index (κ1) is 19.7. The lowest BCUT2D eigenvalue weighted by Gasteiger charge is -2.37. The maximum Gasteiger partial charge on any atom is 0.301 e. The van der Waals surface area contributed by atoms with Gasteiger partial charge in [0.2, 0.25) is 5.82 Å². The predicted molar refractivity (Wildman–Crippen MR) is 120 cm³/mol. The third kappa shape index (κ3) is 3.58. The van der Waals surface area contributed by atoms with Gasteiger partial charge in [-0.3, -0.25) is 9.36 Å². The molecule has 0 atom stereocenters. The van der Waals surface area contributed by atoms with Gasteiger partial charge in [0.05, 0.1) is 21.1 Å². The summed E-state index contributed by atoms with van der Waals surface area (Å²) >= 11 is 12.6. The van der Waals surface area contributed by atoms with Gasteiger partial charge in [-0.2, -0.15) is 0 Å². The number of piperazine rings is 1. The van der Waals surface area contributed by atoms with Gasteiger partial charge >= 0.3 is 5.91 Å². The molecule has 1 fully saturated rings. The van der Waals surface area contributed by atoms with Crippen molar-refractivity contribution in [1.29, 1.82) is 0 Å². The van der Waals surface area contributed by atoms with Crippen molar-refractivity contribution in [2.24, 2.45) is 0 Å². The molecular weight excluding hydrogens is 437 g/mol. The molecule has 0 bridgehead atoms. The van der Waals surface area contributed by atoms with Crippen molar-refractivity contribution >= 4 is 51.6 Å². The van der Waals surface area contributed by atoms with Crippen molar-refractivity contribution in [3.05, 3.63) is 71.1 Å². The number of carbonyl (C=O) groups is 1. The molecule has 0 saturated carbocycles. The molecule has 1 aromatic carbocycles. The van der Waals surface area contributed by atoms with Crippen LogP contribution < -0.4 is 9.80 Å². The molecular formula is C21H17Cl2N7O. The first-order valence-corrected chi connectivity index (χ1v) is 10.5. The fourth-order valence-corrected chi connectivity index (χ4v) is 4.18. The topological polar surface area (TPSA) is 80.0 Å². The Balaban J connectivity index is 1.40. The minimum absolute atomic E-state index is 0.118. The highest BCUT2D eigenvalue weighted by Crippen LogP contribution is 2.33. The van der Waals surface area contributed by atoms with Gasteiger partial charge in [0, 0.05) is 44.8 Å². The van der Waals surface area contributed by atoms with Crippen LogP contribution in [-0.4, -0.2) is 56.6 Å². The quantitative estimate of drug-likeness (QED) is 0.469. The highest BCUT2D eigenvalue weighted by molar-refractivity contribution is 6.43. The van der Waals surface area contributed by atoms with Gasteiger partial charge in [0.1, 0.15) is 12.1 Å². The first-order valence-electron chi connectivity index (χ1n) is 9.71. The van der Waals surface area contributed by atoms with Gasteiger partial charge in [0.25, 0.3) is 0 Å². The molecule has 0 unspecified atom stereocenters. The van der Waals surface area contributed by atoms with Crippen molar-refractivity contribution in [1.82, 2.24) is 24.5 Å². The standard InChI is InChI=1S/C21H17Cl2N7O/c22-15-3-1-4-16(17(15)23)28-9-11-29(12-10-28)19-14-5-8-30(20(14)27-13-26-19)21(31)18-24-6-2-7-25-18/h1-8,13H,9-12H2. The molecule has 0 aliphatic carbocycles. The van der Waals surface area contributed by atoms with Crippen LogP contribution in [0, 0.1) is 0 Å². The Morgan fingerprint density at radius 3 is 2.39 bits per heavy atom. The Hall–Kier alpha value is -3.23. The lowest BCUT2D eigenvalue weighted by molar-refractivity contribution is 0.0954. The van der Waals surface area contributed by atoms with Gasteiger partial charge in [-0.25, -0.2) is 19.9 Å². The maximum atomic E-state index is 12.8. The summed E-state index contributed by atoms with van der Waals surface area (Å²) in [7, 11) is 0. The number of nitrogens with zero attached hydrogens (tertiary/aromatic N) is 7. The van der Waals surface area contributed by atoms with E-state index in [0.717, 1.165) is 43.1 Å². The third-order valence-electron chi connectivity index (χ3n) is 5.29. The molecule has 0 spiro atoms.